The van der Waals surface area contributed by atoms with E-state index in [4.69, 9.17) is 0 Å². The van der Waals surface area contributed by atoms with E-state index in [0.717, 1.165) is 10.2 Å². The molecule has 27 heavy (non-hydrogen) atoms. The number of hydrogen-bond acceptors (Lipinski definition) is 3. The van der Waals surface area contributed by atoms with Gasteiger partial charge in [0.2, 0.25) is 0 Å². The molecule has 0 saturated heterocycles. The lowest BCUT2D eigenvalue weighted by Crippen LogP contribution is -2.32. The van der Waals surface area contributed by atoms with Gasteiger partial charge in [-0.3, -0.25) is 4.79 Å². The first-order valence-electron chi connectivity index (χ1n) is 8.79. The summed E-state index contributed by atoms with van der Waals surface area (Å²) in [5, 5.41) is 5.56. The summed E-state index contributed by atoms with van der Waals surface area (Å²) < 4.78 is 0.937. The Kier molecular flexibility index (Phi) is 7.24. The van der Waals surface area contributed by atoms with Crippen molar-refractivity contribution in [1.29, 1.82) is 0 Å². The van der Waals surface area contributed by atoms with Gasteiger partial charge < -0.3 is 20.4 Å². The molecule has 6 nitrogen and oxygen atoms in total. The van der Waals surface area contributed by atoms with Crippen molar-refractivity contribution in [3.05, 3.63) is 52.5 Å². The number of rotatable bonds is 6. The van der Waals surface area contributed by atoms with Gasteiger partial charge >= 0.3 is 6.03 Å². The summed E-state index contributed by atoms with van der Waals surface area (Å²) in [7, 11) is 3.78. The number of amides is 3. The highest BCUT2D eigenvalue weighted by Gasteiger charge is 2.19. The Morgan fingerprint density at radius 2 is 1.48 bits per heavy atom. The quantitative estimate of drug-likeness (QED) is 0.698. The third-order valence-corrected chi connectivity index (χ3v) is 4.65. The molecule has 0 fully saturated rings. The van der Waals surface area contributed by atoms with E-state index in [-0.39, 0.29) is 11.9 Å². The minimum Gasteiger partial charge on any atom is -0.377 e. The van der Waals surface area contributed by atoms with Gasteiger partial charge in [-0.05, 0) is 56.3 Å². The highest BCUT2D eigenvalue weighted by atomic mass is 79.9. The molecule has 0 unspecified atom stereocenters. The van der Waals surface area contributed by atoms with Crippen molar-refractivity contribution in [1.82, 2.24) is 4.90 Å². The predicted molar refractivity (Wildman–Crippen MR) is 115 cm³/mol. The van der Waals surface area contributed by atoms with Crippen LogP contribution in [0.15, 0.2) is 46.9 Å². The monoisotopic (exact) mass is 432 g/mol. The Bertz CT molecular complexity index is 802. The number of carbonyl (C=O) groups is 2. The zero-order valence-electron chi connectivity index (χ0n) is 16.0. The molecule has 2 rings (SSSR count). The highest BCUT2D eigenvalue weighted by molar-refractivity contribution is 9.10. The second kappa shape index (κ2) is 9.41. The fourth-order valence-corrected chi connectivity index (χ4v) is 2.95. The number of hydrogen-bond donors (Lipinski definition) is 2. The summed E-state index contributed by atoms with van der Waals surface area (Å²) in [4.78, 5) is 28.8. The van der Waals surface area contributed by atoms with Gasteiger partial charge in [0.05, 0.1) is 5.56 Å². The van der Waals surface area contributed by atoms with Crippen LogP contribution in [-0.4, -0.2) is 44.0 Å². The largest absolute Gasteiger partial charge is 0.377 e. The van der Waals surface area contributed by atoms with E-state index >= 15 is 0 Å². The number of halogens is 1. The maximum Gasteiger partial charge on any atom is 0.323 e. The van der Waals surface area contributed by atoms with Crippen molar-refractivity contribution in [2.75, 3.05) is 42.7 Å². The molecule has 7 heteroatoms. The number of benzene rings is 2. The summed E-state index contributed by atoms with van der Waals surface area (Å²) in [5.41, 5.74) is 2.61. The first-order valence-corrected chi connectivity index (χ1v) is 9.59. The fourth-order valence-electron chi connectivity index (χ4n) is 2.68. The summed E-state index contributed by atoms with van der Waals surface area (Å²) in [6, 6.07) is 12.3. The van der Waals surface area contributed by atoms with E-state index < -0.39 is 0 Å². The van der Waals surface area contributed by atoms with E-state index in [9.17, 15) is 9.59 Å². The Labute approximate surface area is 168 Å². The van der Waals surface area contributed by atoms with Crippen molar-refractivity contribution in [2.45, 2.75) is 13.8 Å². The molecule has 0 aliphatic carbocycles. The zero-order valence-corrected chi connectivity index (χ0v) is 17.6. The van der Waals surface area contributed by atoms with Crippen LogP contribution in [0, 0.1) is 0 Å². The molecule has 144 valence electrons. The van der Waals surface area contributed by atoms with Gasteiger partial charge in [0.15, 0.2) is 0 Å². The van der Waals surface area contributed by atoms with Crippen LogP contribution in [0.25, 0.3) is 0 Å². The van der Waals surface area contributed by atoms with Gasteiger partial charge in [-0.15, -0.1) is 0 Å². The van der Waals surface area contributed by atoms with Gasteiger partial charge in [-0.25, -0.2) is 4.79 Å². The van der Waals surface area contributed by atoms with E-state index in [1.165, 1.54) is 0 Å². The van der Waals surface area contributed by atoms with E-state index in [0.29, 0.717) is 30.0 Å². The lowest BCUT2D eigenvalue weighted by atomic mass is 10.1. The van der Waals surface area contributed by atoms with Crippen LogP contribution in [0.4, 0.5) is 21.9 Å². The van der Waals surface area contributed by atoms with Crippen molar-refractivity contribution < 1.29 is 9.59 Å². The second-order valence-corrected chi connectivity index (χ2v) is 7.11. The molecule has 0 saturated carbocycles. The maximum absolute atomic E-state index is 12.9. The van der Waals surface area contributed by atoms with E-state index in [1.807, 2.05) is 51.0 Å². The molecular formula is C20H25BrN4O2. The fraction of sp³-hybridized carbons (Fsp3) is 0.300. The number of nitrogens with one attached hydrogen (secondary N) is 2. The van der Waals surface area contributed by atoms with Gasteiger partial charge in [-0.2, -0.15) is 0 Å². The van der Waals surface area contributed by atoms with Crippen LogP contribution in [0.2, 0.25) is 0 Å². The standard InChI is InChI=1S/C20H25BrN4O2/c1-5-25(6-2)19(26)17-13-16(11-12-18(17)24(3)4)23-20(27)22-15-9-7-14(21)8-10-15/h7-13H,5-6H2,1-4H3,(H2,22,23,27). The SMILES string of the molecule is CCN(CC)C(=O)c1cc(NC(=O)Nc2ccc(Br)cc2)ccc1N(C)C. The average molecular weight is 433 g/mol. The Morgan fingerprint density at radius 3 is 2.04 bits per heavy atom. The lowest BCUT2D eigenvalue weighted by Gasteiger charge is -2.23. The molecule has 2 aromatic rings. The predicted octanol–water partition coefficient (Wildman–Crippen LogP) is 4.64. The summed E-state index contributed by atoms with van der Waals surface area (Å²) >= 11 is 3.36. The minimum absolute atomic E-state index is 0.0549. The number of nitrogens with zero attached hydrogens (tertiary/aromatic N) is 2. The van der Waals surface area contributed by atoms with Crippen LogP contribution >= 0.6 is 15.9 Å². The first-order chi connectivity index (χ1) is 12.8. The molecule has 0 aromatic heterocycles. The number of anilines is 3. The molecule has 0 aliphatic rings. The Morgan fingerprint density at radius 1 is 0.926 bits per heavy atom. The molecule has 0 bridgehead atoms. The molecule has 0 spiro atoms. The summed E-state index contributed by atoms with van der Waals surface area (Å²) in [6.45, 7) is 5.16. The highest BCUT2D eigenvalue weighted by Crippen LogP contribution is 2.25. The number of urea groups is 1. The second-order valence-electron chi connectivity index (χ2n) is 6.19. The van der Waals surface area contributed by atoms with Crippen LogP contribution in [0.5, 0.6) is 0 Å². The Hall–Kier alpha value is -2.54. The van der Waals surface area contributed by atoms with Crippen LogP contribution in [-0.2, 0) is 0 Å². The van der Waals surface area contributed by atoms with E-state index in [2.05, 4.69) is 26.6 Å². The molecule has 2 aromatic carbocycles. The van der Waals surface area contributed by atoms with Crippen molar-refractivity contribution in [2.24, 2.45) is 0 Å². The van der Waals surface area contributed by atoms with Gasteiger partial charge in [0, 0.05) is 48.7 Å². The third kappa shape index (κ3) is 5.47. The van der Waals surface area contributed by atoms with Crippen molar-refractivity contribution in [3.8, 4) is 0 Å². The molecule has 0 radical (unpaired) electrons. The van der Waals surface area contributed by atoms with Gasteiger partial charge in [0.1, 0.15) is 0 Å². The van der Waals surface area contributed by atoms with Gasteiger partial charge in [-0.1, -0.05) is 15.9 Å². The molecular weight excluding hydrogens is 408 g/mol. The minimum atomic E-state index is -0.365. The maximum atomic E-state index is 12.9. The van der Waals surface area contributed by atoms with Crippen LogP contribution in [0.3, 0.4) is 0 Å². The first kappa shape index (κ1) is 20.8. The van der Waals surface area contributed by atoms with Crippen LogP contribution in [0.1, 0.15) is 24.2 Å². The number of carbonyl (C=O) groups excluding carboxylic acids is 2. The van der Waals surface area contributed by atoms with Crippen molar-refractivity contribution >= 4 is 44.9 Å². The summed E-state index contributed by atoms with van der Waals surface area (Å²) in [6.07, 6.45) is 0. The average Bonchev–Trinajstić information content (AvgIpc) is 2.64. The third-order valence-electron chi connectivity index (χ3n) is 4.12. The topological polar surface area (TPSA) is 64.7 Å². The molecule has 2 N–H and O–H groups in total. The molecule has 0 atom stereocenters. The molecule has 0 heterocycles. The molecule has 3 amide bonds. The molecule has 0 aliphatic heterocycles. The van der Waals surface area contributed by atoms with E-state index in [1.54, 1.807) is 29.2 Å². The van der Waals surface area contributed by atoms with Crippen molar-refractivity contribution in [3.63, 3.8) is 0 Å². The summed E-state index contributed by atoms with van der Waals surface area (Å²) in [5.74, 6) is -0.0549. The normalized spacial score (nSPS) is 10.3. The smallest absolute Gasteiger partial charge is 0.323 e. The zero-order chi connectivity index (χ0) is 20.0. The van der Waals surface area contributed by atoms with Crippen LogP contribution < -0.4 is 15.5 Å². The van der Waals surface area contributed by atoms with Gasteiger partial charge in [0.25, 0.3) is 5.91 Å². The lowest BCUT2D eigenvalue weighted by molar-refractivity contribution is 0.0773. The Balaban J connectivity index is 2.22.